The molecule has 0 aliphatic rings. The predicted molar refractivity (Wildman–Crippen MR) is 74.9 cm³/mol. The van der Waals surface area contributed by atoms with Gasteiger partial charge in [-0.3, -0.25) is 10.1 Å². The maximum Gasteiger partial charge on any atom is 0.573 e. The molecule has 0 saturated carbocycles. The molecule has 0 spiro atoms. The van der Waals surface area contributed by atoms with Crippen LogP contribution >= 0.6 is 0 Å². The molecule has 23 heavy (non-hydrogen) atoms. The number of aromatic amines is 1. The van der Waals surface area contributed by atoms with E-state index in [-0.39, 0.29) is 17.1 Å². The minimum Gasteiger partial charge on any atom is -0.406 e. The highest BCUT2D eigenvalue weighted by Crippen LogP contribution is 2.34. The van der Waals surface area contributed by atoms with Crippen molar-refractivity contribution in [3.8, 4) is 17.1 Å². The van der Waals surface area contributed by atoms with Crippen molar-refractivity contribution >= 4 is 16.7 Å². The van der Waals surface area contributed by atoms with Crippen molar-refractivity contribution in [1.82, 2.24) is 9.97 Å². The summed E-state index contributed by atoms with van der Waals surface area (Å²) in [6.07, 6.45) is -4.89. The Bertz CT molecular complexity index is 857. The number of imidazole rings is 1. The van der Waals surface area contributed by atoms with Gasteiger partial charge in [0.2, 0.25) is 0 Å². The zero-order valence-corrected chi connectivity index (χ0v) is 11.3. The van der Waals surface area contributed by atoms with Gasteiger partial charge in [-0.05, 0) is 24.3 Å². The van der Waals surface area contributed by atoms with E-state index in [1.165, 1.54) is 0 Å². The van der Waals surface area contributed by atoms with Crippen LogP contribution in [0.3, 0.4) is 0 Å². The molecule has 1 heterocycles. The monoisotopic (exact) mass is 323 g/mol. The molecular weight excluding hydrogens is 315 g/mol. The van der Waals surface area contributed by atoms with E-state index < -0.39 is 17.0 Å². The fourth-order valence-electron chi connectivity index (χ4n) is 2.14. The number of fused-ring (bicyclic) bond motifs is 1. The SMILES string of the molecule is O=[N+]([O-])c1ccc(OC(F)(F)F)cc1-c1nc2ccccc2[nH]1. The lowest BCUT2D eigenvalue weighted by molar-refractivity contribution is -0.384. The molecule has 3 rings (SSSR count). The van der Waals surface area contributed by atoms with Crippen LogP contribution in [-0.2, 0) is 0 Å². The third-order valence-electron chi connectivity index (χ3n) is 3.04. The van der Waals surface area contributed by atoms with Gasteiger partial charge in [0.1, 0.15) is 11.6 Å². The van der Waals surface area contributed by atoms with Gasteiger partial charge in [-0.2, -0.15) is 0 Å². The van der Waals surface area contributed by atoms with Crippen molar-refractivity contribution in [2.24, 2.45) is 0 Å². The Hall–Kier alpha value is -3.10. The Morgan fingerprint density at radius 1 is 1.17 bits per heavy atom. The molecule has 0 radical (unpaired) electrons. The van der Waals surface area contributed by atoms with Crippen LogP contribution in [-0.4, -0.2) is 21.3 Å². The average molecular weight is 323 g/mol. The molecule has 9 heteroatoms. The highest BCUT2D eigenvalue weighted by atomic mass is 19.4. The van der Waals surface area contributed by atoms with Crippen LogP contribution in [0, 0.1) is 10.1 Å². The maximum absolute atomic E-state index is 12.3. The minimum atomic E-state index is -4.89. The quantitative estimate of drug-likeness (QED) is 0.582. The smallest absolute Gasteiger partial charge is 0.406 e. The summed E-state index contributed by atoms with van der Waals surface area (Å²) in [6.45, 7) is 0. The summed E-state index contributed by atoms with van der Waals surface area (Å²) >= 11 is 0. The Balaban J connectivity index is 2.14. The molecule has 0 aliphatic carbocycles. The summed E-state index contributed by atoms with van der Waals surface area (Å²) in [5, 5.41) is 11.1. The molecule has 0 saturated heterocycles. The third-order valence-corrected chi connectivity index (χ3v) is 3.04. The van der Waals surface area contributed by atoms with Gasteiger partial charge in [0.25, 0.3) is 5.69 Å². The first-order chi connectivity index (χ1) is 10.8. The lowest BCUT2D eigenvalue weighted by Gasteiger charge is -2.09. The van der Waals surface area contributed by atoms with E-state index >= 15 is 0 Å². The van der Waals surface area contributed by atoms with Crippen molar-refractivity contribution in [2.75, 3.05) is 0 Å². The molecule has 0 atom stereocenters. The lowest BCUT2D eigenvalue weighted by atomic mass is 10.1. The van der Waals surface area contributed by atoms with Gasteiger partial charge < -0.3 is 9.72 Å². The average Bonchev–Trinajstić information content (AvgIpc) is 2.89. The number of alkyl halides is 3. The van der Waals surface area contributed by atoms with E-state index in [1.54, 1.807) is 24.3 Å². The standard InChI is InChI=1S/C14H8F3N3O3/c15-14(16,17)23-8-5-6-12(20(21)22)9(7-8)13-18-10-3-1-2-4-11(10)19-13/h1-7H,(H,18,19). The van der Waals surface area contributed by atoms with Crippen LogP contribution in [0.5, 0.6) is 5.75 Å². The number of ether oxygens (including phenoxy) is 1. The molecule has 118 valence electrons. The van der Waals surface area contributed by atoms with Crippen LogP contribution < -0.4 is 4.74 Å². The zero-order chi connectivity index (χ0) is 16.6. The van der Waals surface area contributed by atoms with Crippen molar-refractivity contribution in [1.29, 1.82) is 0 Å². The Morgan fingerprint density at radius 2 is 1.91 bits per heavy atom. The number of benzene rings is 2. The summed E-state index contributed by atoms with van der Waals surface area (Å²) in [5.74, 6) is -0.468. The van der Waals surface area contributed by atoms with Crippen LogP contribution in [0.25, 0.3) is 22.4 Å². The minimum absolute atomic E-state index is 0.0884. The van der Waals surface area contributed by atoms with E-state index in [0.717, 1.165) is 18.2 Å². The molecule has 1 aromatic heterocycles. The van der Waals surface area contributed by atoms with Crippen molar-refractivity contribution in [3.63, 3.8) is 0 Å². The molecule has 0 fully saturated rings. The number of nitrogens with zero attached hydrogens (tertiary/aromatic N) is 2. The lowest BCUT2D eigenvalue weighted by Crippen LogP contribution is -2.17. The maximum atomic E-state index is 12.3. The summed E-state index contributed by atoms with van der Waals surface area (Å²) in [5.41, 5.74) is 0.685. The Morgan fingerprint density at radius 3 is 2.57 bits per heavy atom. The number of nitro groups is 1. The molecule has 1 N–H and O–H groups in total. The first-order valence-corrected chi connectivity index (χ1v) is 6.33. The molecule has 0 amide bonds. The van der Waals surface area contributed by atoms with Gasteiger partial charge in [0.15, 0.2) is 0 Å². The number of para-hydroxylation sites is 2. The fourth-order valence-corrected chi connectivity index (χ4v) is 2.14. The third kappa shape index (κ3) is 3.07. The second-order valence-corrected chi connectivity index (χ2v) is 4.59. The number of aromatic nitrogens is 2. The first kappa shape index (κ1) is 14.8. The van der Waals surface area contributed by atoms with Crippen molar-refractivity contribution in [3.05, 3.63) is 52.6 Å². The molecule has 0 unspecified atom stereocenters. The molecule has 6 nitrogen and oxygen atoms in total. The normalized spacial score (nSPS) is 11.6. The van der Waals surface area contributed by atoms with E-state index in [9.17, 15) is 23.3 Å². The van der Waals surface area contributed by atoms with Gasteiger partial charge in [-0.25, -0.2) is 4.98 Å². The highest BCUT2D eigenvalue weighted by Gasteiger charge is 2.32. The number of halogens is 3. The van der Waals surface area contributed by atoms with Crippen LogP contribution in [0.15, 0.2) is 42.5 Å². The molecule has 3 aromatic rings. The largest absolute Gasteiger partial charge is 0.573 e. The number of rotatable bonds is 3. The first-order valence-electron chi connectivity index (χ1n) is 6.33. The molecule has 0 aliphatic heterocycles. The van der Waals surface area contributed by atoms with Crippen LogP contribution in [0.2, 0.25) is 0 Å². The van der Waals surface area contributed by atoms with Gasteiger partial charge in [0.05, 0.1) is 21.5 Å². The highest BCUT2D eigenvalue weighted by molar-refractivity contribution is 5.81. The summed E-state index contributed by atoms with van der Waals surface area (Å²) in [6, 6.07) is 9.61. The van der Waals surface area contributed by atoms with Gasteiger partial charge in [-0.15, -0.1) is 13.2 Å². The number of nitro benzene ring substituents is 1. The Labute approximate surface area is 126 Å². The Kier molecular flexibility index (Phi) is 3.40. The topological polar surface area (TPSA) is 81.1 Å². The van der Waals surface area contributed by atoms with Crippen molar-refractivity contribution in [2.45, 2.75) is 6.36 Å². The van der Waals surface area contributed by atoms with Crippen LogP contribution in [0.1, 0.15) is 0 Å². The van der Waals surface area contributed by atoms with E-state index in [4.69, 9.17) is 0 Å². The second kappa shape index (κ2) is 5.27. The van der Waals surface area contributed by atoms with Gasteiger partial charge >= 0.3 is 6.36 Å². The van der Waals surface area contributed by atoms with E-state index in [2.05, 4.69) is 14.7 Å². The fraction of sp³-hybridized carbons (Fsp3) is 0.0714. The molecule has 2 aromatic carbocycles. The van der Waals surface area contributed by atoms with Crippen LogP contribution in [0.4, 0.5) is 18.9 Å². The van der Waals surface area contributed by atoms with Gasteiger partial charge in [-0.1, -0.05) is 12.1 Å². The molecule has 0 bridgehead atoms. The number of hydrogen-bond donors (Lipinski definition) is 1. The van der Waals surface area contributed by atoms with Gasteiger partial charge in [0, 0.05) is 6.07 Å². The number of H-pyrrole nitrogens is 1. The van der Waals surface area contributed by atoms with Crippen molar-refractivity contribution < 1.29 is 22.8 Å². The second-order valence-electron chi connectivity index (χ2n) is 4.59. The van der Waals surface area contributed by atoms with E-state index in [0.29, 0.717) is 11.0 Å². The zero-order valence-electron chi connectivity index (χ0n) is 11.3. The predicted octanol–water partition coefficient (Wildman–Crippen LogP) is 4.04. The summed E-state index contributed by atoms with van der Waals surface area (Å²) in [7, 11) is 0. The van der Waals surface area contributed by atoms with E-state index in [1.807, 2.05) is 0 Å². The number of hydrogen-bond acceptors (Lipinski definition) is 4. The molecular formula is C14H8F3N3O3. The summed E-state index contributed by atoms with van der Waals surface area (Å²) < 4.78 is 40.8. The number of nitrogens with one attached hydrogen (secondary N) is 1. The summed E-state index contributed by atoms with van der Waals surface area (Å²) in [4.78, 5) is 17.4.